The molecule has 3 rings (SSSR count). The van der Waals surface area contributed by atoms with Crippen LogP contribution in [-0.4, -0.2) is 58.3 Å². The summed E-state index contributed by atoms with van der Waals surface area (Å²) in [6.07, 6.45) is 2.83. The van der Waals surface area contributed by atoms with E-state index in [4.69, 9.17) is 19.3 Å². The highest BCUT2D eigenvalue weighted by Crippen LogP contribution is 2.26. The molecule has 1 aromatic heterocycles. The van der Waals surface area contributed by atoms with E-state index in [2.05, 4.69) is 4.98 Å². The predicted octanol–water partition coefficient (Wildman–Crippen LogP) is 2.63. The summed E-state index contributed by atoms with van der Waals surface area (Å²) >= 11 is 0. The van der Waals surface area contributed by atoms with E-state index in [1.165, 1.54) is 0 Å². The SMILES string of the molecule is CC1OC(OCCC/C=C/C(=O)O)[C@@H](O)CC1OC(=O)c1c[nH]c2ccccc12. The van der Waals surface area contributed by atoms with Crippen LogP contribution in [0.25, 0.3) is 10.9 Å². The van der Waals surface area contributed by atoms with Gasteiger partial charge in [-0.1, -0.05) is 24.3 Å². The second-order valence-corrected chi connectivity index (χ2v) is 6.96. The largest absolute Gasteiger partial charge is 0.478 e. The molecule has 0 spiro atoms. The Hall–Kier alpha value is -2.68. The van der Waals surface area contributed by atoms with Crippen molar-refractivity contribution in [1.29, 1.82) is 0 Å². The molecular formula is C21H25NO7. The third-order valence-electron chi connectivity index (χ3n) is 4.79. The maximum atomic E-state index is 12.6. The van der Waals surface area contributed by atoms with Crippen LogP contribution in [0.4, 0.5) is 0 Å². The summed E-state index contributed by atoms with van der Waals surface area (Å²) < 4.78 is 16.8. The second kappa shape index (κ2) is 9.69. The van der Waals surface area contributed by atoms with Crippen LogP contribution in [0.1, 0.15) is 36.5 Å². The van der Waals surface area contributed by atoms with E-state index < -0.39 is 36.5 Å². The lowest BCUT2D eigenvalue weighted by atomic mass is 10.0. The molecule has 29 heavy (non-hydrogen) atoms. The number of hydrogen-bond donors (Lipinski definition) is 3. The Kier molecular flexibility index (Phi) is 7.03. The van der Waals surface area contributed by atoms with E-state index in [-0.39, 0.29) is 6.42 Å². The van der Waals surface area contributed by atoms with Crippen molar-refractivity contribution in [2.24, 2.45) is 0 Å². The van der Waals surface area contributed by atoms with E-state index in [0.29, 0.717) is 25.0 Å². The normalized spacial score (nSPS) is 24.8. The maximum absolute atomic E-state index is 12.6. The number of aliphatic carboxylic acids is 1. The van der Waals surface area contributed by atoms with Crippen LogP contribution in [0.3, 0.4) is 0 Å². The van der Waals surface area contributed by atoms with Gasteiger partial charge in [0.25, 0.3) is 0 Å². The minimum Gasteiger partial charge on any atom is -0.478 e. The van der Waals surface area contributed by atoms with Crippen molar-refractivity contribution >= 4 is 22.8 Å². The molecule has 1 fully saturated rings. The molecule has 8 heteroatoms. The Bertz CT molecular complexity index is 875. The quantitative estimate of drug-likeness (QED) is 0.352. The lowest BCUT2D eigenvalue weighted by Crippen LogP contribution is -2.48. The summed E-state index contributed by atoms with van der Waals surface area (Å²) in [6.45, 7) is 2.09. The Morgan fingerprint density at radius 1 is 1.34 bits per heavy atom. The monoisotopic (exact) mass is 403 g/mol. The lowest BCUT2D eigenvalue weighted by Gasteiger charge is -2.37. The number of esters is 1. The van der Waals surface area contributed by atoms with Crippen LogP contribution >= 0.6 is 0 Å². The first-order chi connectivity index (χ1) is 14.0. The fourth-order valence-electron chi connectivity index (χ4n) is 3.25. The van der Waals surface area contributed by atoms with Gasteiger partial charge in [-0.3, -0.25) is 0 Å². The molecule has 1 aliphatic rings. The number of nitrogens with one attached hydrogen (secondary N) is 1. The van der Waals surface area contributed by atoms with Crippen LogP contribution in [0.5, 0.6) is 0 Å². The number of aliphatic hydroxyl groups excluding tert-OH is 1. The van der Waals surface area contributed by atoms with E-state index >= 15 is 0 Å². The van der Waals surface area contributed by atoms with Gasteiger partial charge in [0, 0.05) is 29.6 Å². The molecule has 0 aliphatic carbocycles. The van der Waals surface area contributed by atoms with Crippen molar-refractivity contribution in [2.45, 2.75) is 50.8 Å². The first-order valence-corrected chi connectivity index (χ1v) is 9.57. The summed E-state index contributed by atoms with van der Waals surface area (Å²) in [4.78, 5) is 26.0. The molecule has 8 nitrogen and oxygen atoms in total. The maximum Gasteiger partial charge on any atom is 0.340 e. The zero-order valence-electron chi connectivity index (χ0n) is 16.1. The van der Waals surface area contributed by atoms with Crippen LogP contribution < -0.4 is 0 Å². The standard InChI is InChI=1S/C21H25NO7/c1-13-18(29-20(26)15-12-22-16-8-5-4-7-14(15)16)11-17(23)21(28-13)27-10-6-2-3-9-19(24)25/h3-5,7-9,12-13,17-18,21-23H,2,6,10-11H2,1H3,(H,24,25)/b9-3+/t13?,17-,18?,21?/m0/s1. The number of carbonyl (C=O) groups is 2. The first kappa shape index (κ1) is 21.0. The Balaban J connectivity index is 1.49. The van der Waals surface area contributed by atoms with Crippen molar-refractivity contribution in [3.63, 3.8) is 0 Å². The van der Waals surface area contributed by atoms with Crippen molar-refractivity contribution in [1.82, 2.24) is 4.98 Å². The number of aliphatic hydroxyl groups is 1. The molecule has 4 atom stereocenters. The summed E-state index contributed by atoms with van der Waals surface area (Å²) in [5.74, 6) is -1.46. The number of allylic oxidation sites excluding steroid dienone is 1. The van der Waals surface area contributed by atoms with E-state index in [0.717, 1.165) is 17.0 Å². The number of carboxylic acid groups (broad SMARTS) is 1. The molecule has 1 aliphatic heterocycles. The highest BCUT2D eigenvalue weighted by Gasteiger charge is 2.38. The second-order valence-electron chi connectivity index (χ2n) is 6.96. The Labute approximate surface area is 168 Å². The van der Waals surface area contributed by atoms with Crippen molar-refractivity contribution in [3.8, 4) is 0 Å². The van der Waals surface area contributed by atoms with Crippen LogP contribution in [-0.2, 0) is 19.0 Å². The number of fused-ring (bicyclic) bond motifs is 1. The Morgan fingerprint density at radius 3 is 2.93 bits per heavy atom. The molecule has 1 aromatic carbocycles. The minimum atomic E-state index is -0.987. The fraction of sp³-hybridized carbons (Fsp3) is 0.429. The minimum absolute atomic E-state index is 0.207. The van der Waals surface area contributed by atoms with Crippen LogP contribution in [0.2, 0.25) is 0 Å². The Morgan fingerprint density at radius 2 is 2.14 bits per heavy atom. The summed E-state index contributed by atoms with van der Waals surface area (Å²) in [5.41, 5.74) is 1.29. The average Bonchev–Trinajstić information content (AvgIpc) is 3.12. The lowest BCUT2D eigenvalue weighted by molar-refractivity contribution is -0.260. The first-order valence-electron chi connectivity index (χ1n) is 9.57. The number of rotatable bonds is 8. The van der Waals surface area contributed by atoms with Gasteiger partial charge in [0.05, 0.1) is 18.3 Å². The highest BCUT2D eigenvalue weighted by atomic mass is 16.7. The van der Waals surface area contributed by atoms with Gasteiger partial charge in [0.2, 0.25) is 0 Å². The topological polar surface area (TPSA) is 118 Å². The number of para-hydroxylation sites is 1. The smallest absolute Gasteiger partial charge is 0.340 e. The van der Waals surface area contributed by atoms with Gasteiger partial charge in [-0.2, -0.15) is 0 Å². The number of H-pyrrole nitrogens is 1. The van der Waals surface area contributed by atoms with Gasteiger partial charge in [0.1, 0.15) is 12.2 Å². The highest BCUT2D eigenvalue weighted by molar-refractivity contribution is 6.04. The molecule has 3 unspecified atom stereocenters. The molecule has 0 amide bonds. The third-order valence-corrected chi connectivity index (χ3v) is 4.79. The number of ether oxygens (including phenoxy) is 3. The van der Waals surface area contributed by atoms with Crippen molar-refractivity contribution in [3.05, 3.63) is 48.2 Å². The van der Waals surface area contributed by atoms with E-state index in [1.54, 1.807) is 19.2 Å². The van der Waals surface area contributed by atoms with Gasteiger partial charge in [-0.25, -0.2) is 9.59 Å². The van der Waals surface area contributed by atoms with Gasteiger partial charge >= 0.3 is 11.9 Å². The zero-order chi connectivity index (χ0) is 20.8. The van der Waals surface area contributed by atoms with Crippen molar-refractivity contribution < 1.29 is 34.0 Å². The van der Waals surface area contributed by atoms with Gasteiger partial charge in [-0.05, 0) is 25.8 Å². The van der Waals surface area contributed by atoms with Gasteiger partial charge < -0.3 is 29.4 Å². The van der Waals surface area contributed by atoms with Crippen LogP contribution in [0.15, 0.2) is 42.6 Å². The van der Waals surface area contributed by atoms with Gasteiger partial charge in [0.15, 0.2) is 6.29 Å². The molecular weight excluding hydrogens is 378 g/mol. The van der Waals surface area contributed by atoms with Gasteiger partial charge in [-0.15, -0.1) is 0 Å². The molecule has 156 valence electrons. The number of hydrogen-bond acceptors (Lipinski definition) is 6. The predicted molar refractivity (Wildman–Crippen MR) is 104 cm³/mol. The number of carboxylic acids is 1. The molecule has 1 saturated heterocycles. The number of unbranched alkanes of at least 4 members (excludes halogenated alkanes) is 1. The summed E-state index contributed by atoms with van der Waals surface area (Å²) in [7, 11) is 0. The molecule has 2 aromatic rings. The average molecular weight is 403 g/mol. The molecule has 2 heterocycles. The van der Waals surface area contributed by atoms with Crippen molar-refractivity contribution in [2.75, 3.05) is 6.61 Å². The van der Waals surface area contributed by atoms with E-state index in [1.807, 2.05) is 24.3 Å². The molecule has 0 saturated carbocycles. The van der Waals surface area contributed by atoms with E-state index in [9.17, 15) is 14.7 Å². The van der Waals surface area contributed by atoms with Crippen LogP contribution in [0, 0.1) is 0 Å². The third kappa shape index (κ3) is 5.44. The number of carbonyl (C=O) groups excluding carboxylic acids is 1. The fourth-order valence-corrected chi connectivity index (χ4v) is 3.25. The number of aromatic amines is 1. The number of benzene rings is 1. The summed E-state index contributed by atoms with van der Waals surface area (Å²) in [5, 5.41) is 19.6. The molecule has 0 radical (unpaired) electrons. The number of aromatic nitrogens is 1. The molecule has 0 bridgehead atoms. The zero-order valence-corrected chi connectivity index (χ0v) is 16.1. The molecule has 3 N–H and O–H groups in total. The summed E-state index contributed by atoms with van der Waals surface area (Å²) in [6, 6.07) is 7.45.